The zero-order chi connectivity index (χ0) is 14.9. The van der Waals surface area contributed by atoms with Crippen LogP contribution in [0.1, 0.15) is 37.3 Å². The number of nitrogens with one attached hydrogen (secondary N) is 1. The Morgan fingerprint density at radius 1 is 1.15 bits per heavy atom. The Morgan fingerprint density at radius 3 is 2.40 bits per heavy atom. The van der Waals surface area contributed by atoms with Gasteiger partial charge in [0.05, 0.1) is 38.7 Å². The summed E-state index contributed by atoms with van der Waals surface area (Å²) in [6, 6.07) is 1.59. The van der Waals surface area contributed by atoms with Crippen LogP contribution in [-0.4, -0.2) is 21.8 Å². The summed E-state index contributed by atoms with van der Waals surface area (Å²) in [5.74, 6) is 0. The molecule has 20 heavy (non-hydrogen) atoms. The van der Waals surface area contributed by atoms with E-state index in [0.717, 1.165) is 5.69 Å². The Hall–Kier alpha value is -0.810. The quantitative estimate of drug-likeness (QED) is 0.915. The average Bonchev–Trinajstić information content (AvgIpc) is 2.75. The number of hydrogen-bond donors (Lipinski definition) is 1. The molecule has 2 rings (SSSR count). The van der Waals surface area contributed by atoms with Gasteiger partial charge in [-0.15, -0.1) is 0 Å². The van der Waals surface area contributed by atoms with E-state index >= 15 is 0 Å². The number of rotatable bonds is 4. The molecule has 2 aromatic rings. The molecule has 4 nitrogen and oxygen atoms in total. The smallest absolute Gasteiger partial charge is 0.0950 e. The molecule has 0 saturated carbocycles. The molecule has 0 aliphatic rings. The van der Waals surface area contributed by atoms with Crippen LogP contribution in [-0.2, 0) is 0 Å². The molecule has 1 N–H and O–H groups in total. The third-order valence-corrected chi connectivity index (χ3v) is 3.75. The van der Waals surface area contributed by atoms with Crippen molar-refractivity contribution in [2.45, 2.75) is 25.9 Å². The van der Waals surface area contributed by atoms with Crippen LogP contribution < -0.4 is 5.32 Å². The van der Waals surface area contributed by atoms with Crippen LogP contribution in [0.5, 0.6) is 0 Å². The number of halogens is 3. The van der Waals surface area contributed by atoms with Crippen LogP contribution in [0, 0.1) is 0 Å². The fourth-order valence-electron chi connectivity index (χ4n) is 2.07. The topological polar surface area (TPSA) is 42.7 Å². The highest BCUT2D eigenvalue weighted by Crippen LogP contribution is 2.33. The lowest BCUT2D eigenvalue weighted by atomic mass is 10.1. The summed E-state index contributed by atoms with van der Waals surface area (Å²) in [5, 5.41) is 9.05. The monoisotopic (exact) mass is 332 g/mol. The fourth-order valence-corrected chi connectivity index (χ4v) is 2.80. The van der Waals surface area contributed by atoms with E-state index in [4.69, 9.17) is 34.8 Å². The van der Waals surface area contributed by atoms with E-state index in [2.05, 4.69) is 15.4 Å². The highest BCUT2D eigenvalue weighted by atomic mass is 35.5. The molecule has 0 amide bonds. The van der Waals surface area contributed by atoms with E-state index in [0.29, 0.717) is 20.8 Å². The summed E-state index contributed by atoms with van der Waals surface area (Å²) < 4.78 is 1.86. The van der Waals surface area contributed by atoms with Gasteiger partial charge in [-0.25, -0.2) is 0 Å². The van der Waals surface area contributed by atoms with E-state index in [1.807, 2.05) is 25.6 Å². The molecule has 108 valence electrons. The summed E-state index contributed by atoms with van der Waals surface area (Å²) in [6.45, 7) is 4.08. The first-order chi connectivity index (χ1) is 9.45. The van der Waals surface area contributed by atoms with Gasteiger partial charge in [-0.05, 0) is 27.0 Å². The zero-order valence-corrected chi connectivity index (χ0v) is 13.6. The van der Waals surface area contributed by atoms with Crippen molar-refractivity contribution < 1.29 is 0 Å². The van der Waals surface area contributed by atoms with E-state index in [1.165, 1.54) is 0 Å². The Kier molecular flexibility index (Phi) is 4.91. The molecule has 7 heteroatoms. The first kappa shape index (κ1) is 15.6. The molecule has 1 unspecified atom stereocenters. The fraction of sp³-hybridized carbons (Fsp3) is 0.385. The van der Waals surface area contributed by atoms with Gasteiger partial charge in [-0.2, -0.15) is 5.10 Å². The lowest BCUT2D eigenvalue weighted by Gasteiger charge is -2.21. The maximum atomic E-state index is 6.28. The van der Waals surface area contributed by atoms with Crippen molar-refractivity contribution in [2.75, 3.05) is 7.05 Å². The van der Waals surface area contributed by atoms with Gasteiger partial charge in [0.2, 0.25) is 0 Å². The second-order valence-electron chi connectivity index (χ2n) is 4.66. The Labute approximate surface area is 133 Å². The van der Waals surface area contributed by atoms with Gasteiger partial charge in [0.25, 0.3) is 0 Å². The number of aromatic nitrogens is 3. The highest BCUT2D eigenvalue weighted by Gasteiger charge is 2.25. The molecule has 0 spiro atoms. The standard InChI is InChI=1S/C13H15Cl3N4/c1-7(2)20-13(10(16)6-19-20)12(17-3)11-9(15)4-8(14)5-18-11/h4-7,12,17H,1-3H3. The predicted octanol–water partition coefficient (Wildman–Crippen LogP) is 4.13. The van der Waals surface area contributed by atoms with Gasteiger partial charge in [0, 0.05) is 12.2 Å². The van der Waals surface area contributed by atoms with E-state index < -0.39 is 0 Å². The molecule has 0 aliphatic heterocycles. The van der Waals surface area contributed by atoms with E-state index in [1.54, 1.807) is 18.5 Å². The van der Waals surface area contributed by atoms with Crippen molar-refractivity contribution in [1.82, 2.24) is 20.1 Å². The van der Waals surface area contributed by atoms with Gasteiger partial charge in [-0.3, -0.25) is 9.67 Å². The maximum absolute atomic E-state index is 6.28. The first-order valence-electron chi connectivity index (χ1n) is 6.16. The Bertz CT molecular complexity index is 610. The van der Waals surface area contributed by atoms with Crippen LogP contribution in [0.25, 0.3) is 0 Å². The summed E-state index contributed by atoms with van der Waals surface area (Å²) in [7, 11) is 1.82. The molecule has 2 aromatic heterocycles. The molecular weight excluding hydrogens is 319 g/mol. The van der Waals surface area contributed by atoms with Gasteiger partial charge in [-0.1, -0.05) is 34.8 Å². The van der Waals surface area contributed by atoms with Crippen LogP contribution in [0.4, 0.5) is 0 Å². The molecule has 0 aliphatic carbocycles. The van der Waals surface area contributed by atoms with Crippen LogP contribution >= 0.6 is 34.8 Å². The maximum Gasteiger partial charge on any atom is 0.0950 e. The molecular formula is C13H15Cl3N4. The summed E-state index contributed by atoms with van der Waals surface area (Å²) in [5.41, 5.74) is 1.50. The summed E-state index contributed by atoms with van der Waals surface area (Å²) in [4.78, 5) is 4.32. The lowest BCUT2D eigenvalue weighted by Crippen LogP contribution is -2.24. The molecule has 2 heterocycles. The molecule has 0 aromatic carbocycles. The minimum atomic E-state index is -0.253. The van der Waals surface area contributed by atoms with Crippen molar-refractivity contribution in [1.29, 1.82) is 0 Å². The number of hydrogen-bond acceptors (Lipinski definition) is 3. The molecule has 0 fully saturated rings. The third kappa shape index (κ3) is 2.93. The van der Waals surface area contributed by atoms with Crippen LogP contribution in [0.15, 0.2) is 18.5 Å². The minimum absolute atomic E-state index is 0.180. The SMILES string of the molecule is CNC(c1ncc(Cl)cc1Cl)c1c(Cl)cnn1C(C)C. The first-order valence-corrected chi connectivity index (χ1v) is 7.30. The molecule has 0 bridgehead atoms. The Morgan fingerprint density at radius 2 is 1.85 bits per heavy atom. The van der Waals surface area contributed by atoms with Crippen molar-refractivity contribution in [3.63, 3.8) is 0 Å². The second kappa shape index (κ2) is 6.31. The number of pyridine rings is 1. The predicted molar refractivity (Wildman–Crippen MR) is 82.8 cm³/mol. The largest absolute Gasteiger partial charge is 0.307 e. The van der Waals surface area contributed by atoms with Gasteiger partial charge >= 0.3 is 0 Å². The van der Waals surface area contributed by atoms with E-state index in [9.17, 15) is 0 Å². The average molecular weight is 334 g/mol. The van der Waals surface area contributed by atoms with Crippen molar-refractivity contribution in [3.05, 3.63) is 44.9 Å². The van der Waals surface area contributed by atoms with Crippen molar-refractivity contribution in [2.24, 2.45) is 0 Å². The van der Waals surface area contributed by atoms with Crippen molar-refractivity contribution in [3.8, 4) is 0 Å². The zero-order valence-electron chi connectivity index (χ0n) is 11.4. The van der Waals surface area contributed by atoms with Gasteiger partial charge < -0.3 is 5.32 Å². The molecule has 0 saturated heterocycles. The van der Waals surface area contributed by atoms with Crippen LogP contribution in [0.3, 0.4) is 0 Å². The Balaban J connectivity index is 2.55. The molecule has 1 atom stereocenters. The van der Waals surface area contributed by atoms with Gasteiger partial charge in [0.15, 0.2) is 0 Å². The highest BCUT2D eigenvalue weighted by molar-refractivity contribution is 6.35. The summed E-state index contributed by atoms with van der Waals surface area (Å²) >= 11 is 18.4. The third-order valence-electron chi connectivity index (χ3n) is 2.95. The van der Waals surface area contributed by atoms with Gasteiger partial charge in [0.1, 0.15) is 0 Å². The minimum Gasteiger partial charge on any atom is -0.307 e. The second-order valence-corrected chi connectivity index (χ2v) is 5.91. The number of nitrogens with zero attached hydrogens (tertiary/aromatic N) is 3. The molecule has 0 radical (unpaired) electrons. The van der Waals surface area contributed by atoms with Crippen LogP contribution in [0.2, 0.25) is 15.1 Å². The lowest BCUT2D eigenvalue weighted by molar-refractivity contribution is 0.481. The van der Waals surface area contributed by atoms with E-state index in [-0.39, 0.29) is 12.1 Å². The normalized spacial score (nSPS) is 12.9. The van der Waals surface area contributed by atoms with Crippen molar-refractivity contribution >= 4 is 34.8 Å². The summed E-state index contributed by atoms with van der Waals surface area (Å²) in [6.07, 6.45) is 3.20.